The second-order valence-corrected chi connectivity index (χ2v) is 6.46. The zero-order valence-electron chi connectivity index (χ0n) is 13.9. The van der Waals surface area contributed by atoms with E-state index < -0.39 is 0 Å². The molecule has 5 heteroatoms. The van der Waals surface area contributed by atoms with E-state index in [-0.39, 0.29) is 6.61 Å². The number of nitrogens with one attached hydrogen (secondary N) is 1. The van der Waals surface area contributed by atoms with E-state index in [0.29, 0.717) is 18.6 Å². The smallest absolute Gasteiger partial charge is 0.0644 e. The van der Waals surface area contributed by atoms with E-state index in [9.17, 15) is 0 Å². The first-order valence-corrected chi connectivity index (χ1v) is 8.06. The Balaban J connectivity index is 1.93. The molecule has 0 aromatic carbocycles. The van der Waals surface area contributed by atoms with Crippen LogP contribution in [0.2, 0.25) is 0 Å². The van der Waals surface area contributed by atoms with Crippen molar-refractivity contribution in [3.63, 3.8) is 0 Å². The number of hydrogen-bond donors (Lipinski definition) is 2. The van der Waals surface area contributed by atoms with Gasteiger partial charge in [0.1, 0.15) is 0 Å². The average Bonchev–Trinajstić information content (AvgIpc) is 2.72. The Morgan fingerprint density at radius 2 is 2.10 bits per heavy atom. The number of aromatic nitrogens is 2. The van der Waals surface area contributed by atoms with E-state index in [0.717, 1.165) is 12.2 Å². The highest BCUT2D eigenvalue weighted by Crippen LogP contribution is 2.22. The summed E-state index contributed by atoms with van der Waals surface area (Å²) < 4.78 is 1.91. The first-order valence-electron chi connectivity index (χ1n) is 8.06. The summed E-state index contributed by atoms with van der Waals surface area (Å²) in [4.78, 5) is 2.35. The van der Waals surface area contributed by atoms with Gasteiger partial charge in [0.25, 0.3) is 0 Å². The largest absolute Gasteiger partial charge is 0.394 e. The maximum absolute atomic E-state index is 9.08. The van der Waals surface area contributed by atoms with Crippen LogP contribution in [0.5, 0.6) is 0 Å². The minimum absolute atomic E-state index is 0.141. The Kier molecular flexibility index (Phi) is 5.79. The lowest BCUT2D eigenvalue weighted by molar-refractivity contribution is 0.198. The number of aliphatic hydroxyl groups excluding tert-OH is 1. The van der Waals surface area contributed by atoms with Crippen molar-refractivity contribution in [2.24, 2.45) is 0 Å². The van der Waals surface area contributed by atoms with Crippen molar-refractivity contribution in [3.8, 4) is 0 Å². The summed E-state index contributed by atoms with van der Waals surface area (Å²) in [5.74, 6) is 0. The van der Waals surface area contributed by atoms with E-state index in [1.54, 1.807) is 0 Å². The van der Waals surface area contributed by atoms with Crippen molar-refractivity contribution < 1.29 is 5.11 Å². The van der Waals surface area contributed by atoms with E-state index >= 15 is 0 Å². The lowest BCUT2D eigenvalue weighted by atomic mass is 9.90. The molecule has 5 nitrogen and oxygen atoms in total. The highest BCUT2D eigenvalue weighted by atomic mass is 16.3. The molecule has 2 unspecified atom stereocenters. The molecule has 2 atom stereocenters. The molecular weight excluding hydrogens is 264 g/mol. The van der Waals surface area contributed by atoms with Crippen LogP contribution in [0, 0.1) is 13.8 Å². The van der Waals surface area contributed by atoms with Gasteiger partial charge in [0.2, 0.25) is 0 Å². The molecule has 1 aromatic rings. The van der Waals surface area contributed by atoms with Gasteiger partial charge in [-0.2, -0.15) is 5.10 Å². The molecule has 120 valence electrons. The third kappa shape index (κ3) is 4.05. The van der Waals surface area contributed by atoms with Gasteiger partial charge >= 0.3 is 0 Å². The molecule has 0 bridgehead atoms. The number of nitrogens with zero attached hydrogens (tertiary/aromatic N) is 3. The molecule has 1 aliphatic rings. The Hall–Kier alpha value is -0.910. The van der Waals surface area contributed by atoms with Crippen LogP contribution in [0.4, 0.5) is 0 Å². The van der Waals surface area contributed by atoms with Crippen LogP contribution in [-0.2, 0) is 13.1 Å². The summed E-state index contributed by atoms with van der Waals surface area (Å²) >= 11 is 0. The summed E-state index contributed by atoms with van der Waals surface area (Å²) in [5, 5.41) is 17.3. The van der Waals surface area contributed by atoms with Crippen LogP contribution in [0.15, 0.2) is 0 Å². The van der Waals surface area contributed by atoms with Gasteiger partial charge in [-0.25, -0.2) is 0 Å². The summed E-state index contributed by atoms with van der Waals surface area (Å²) in [7, 11) is 4.36. The highest BCUT2D eigenvalue weighted by Gasteiger charge is 2.23. The van der Waals surface area contributed by atoms with Gasteiger partial charge < -0.3 is 15.3 Å². The van der Waals surface area contributed by atoms with E-state index in [1.807, 2.05) is 4.68 Å². The van der Waals surface area contributed by atoms with Crippen molar-refractivity contribution in [3.05, 3.63) is 17.0 Å². The molecule has 0 aliphatic heterocycles. The fourth-order valence-corrected chi connectivity index (χ4v) is 3.37. The predicted molar refractivity (Wildman–Crippen MR) is 85.4 cm³/mol. The Bertz CT molecular complexity index is 455. The molecule has 21 heavy (non-hydrogen) atoms. The summed E-state index contributed by atoms with van der Waals surface area (Å²) in [6.45, 7) is 5.76. The first-order chi connectivity index (χ1) is 10.0. The van der Waals surface area contributed by atoms with E-state index in [2.05, 4.69) is 43.3 Å². The molecule has 1 aliphatic carbocycles. The fraction of sp³-hybridized carbons (Fsp3) is 0.812. The molecule has 1 fully saturated rings. The van der Waals surface area contributed by atoms with Crippen molar-refractivity contribution >= 4 is 0 Å². The summed E-state index contributed by atoms with van der Waals surface area (Å²) in [5.41, 5.74) is 3.54. The molecule has 2 N–H and O–H groups in total. The second kappa shape index (κ2) is 7.38. The van der Waals surface area contributed by atoms with Gasteiger partial charge in [-0.15, -0.1) is 0 Å². The normalized spacial score (nSPS) is 23.0. The van der Waals surface area contributed by atoms with Crippen molar-refractivity contribution in [2.75, 3.05) is 20.7 Å². The van der Waals surface area contributed by atoms with Crippen LogP contribution in [-0.4, -0.2) is 52.6 Å². The number of aryl methyl sites for hydroxylation is 1. The highest BCUT2D eigenvalue weighted by molar-refractivity contribution is 5.24. The second-order valence-electron chi connectivity index (χ2n) is 6.46. The molecule has 0 amide bonds. The fourth-order valence-electron chi connectivity index (χ4n) is 3.37. The lowest BCUT2D eigenvalue weighted by Crippen LogP contribution is -2.41. The maximum atomic E-state index is 9.08. The SMILES string of the molecule is Cc1nn(CCO)c(C)c1CNC1CCCC(N(C)C)C1. The Labute approximate surface area is 128 Å². The Morgan fingerprint density at radius 1 is 1.33 bits per heavy atom. The van der Waals surface area contributed by atoms with Crippen LogP contribution < -0.4 is 5.32 Å². The Morgan fingerprint density at radius 3 is 2.76 bits per heavy atom. The quantitative estimate of drug-likeness (QED) is 0.834. The molecule has 1 heterocycles. The average molecular weight is 294 g/mol. The van der Waals surface area contributed by atoms with E-state index in [4.69, 9.17) is 5.11 Å². The molecule has 1 aromatic heterocycles. The van der Waals surface area contributed by atoms with Crippen LogP contribution in [0.3, 0.4) is 0 Å². The van der Waals surface area contributed by atoms with Gasteiger partial charge in [-0.05, 0) is 47.2 Å². The minimum atomic E-state index is 0.141. The first kappa shape index (κ1) is 16.5. The van der Waals surface area contributed by atoms with Crippen LogP contribution >= 0.6 is 0 Å². The molecule has 1 saturated carbocycles. The topological polar surface area (TPSA) is 53.3 Å². The molecule has 0 spiro atoms. The third-order valence-corrected chi connectivity index (χ3v) is 4.79. The monoisotopic (exact) mass is 294 g/mol. The van der Waals surface area contributed by atoms with Gasteiger partial charge in [-0.3, -0.25) is 4.68 Å². The van der Waals surface area contributed by atoms with Crippen molar-refractivity contribution in [1.29, 1.82) is 0 Å². The van der Waals surface area contributed by atoms with E-state index in [1.165, 1.54) is 36.9 Å². The number of hydrogen-bond acceptors (Lipinski definition) is 4. The number of rotatable bonds is 6. The van der Waals surface area contributed by atoms with Crippen molar-refractivity contribution in [1.82, 2.24) is 20.0 Å². The number of aliphatic hydroxyl groups is 1. The van der Waals surface area contributed by atoms with Gasteiger partial charge in [0.05, 0.1) is 18.8 Å². The molecule has 0 saturated heterocycles. The van der Waals surface area contributed by atoms with Gasteiger partial charge in [0, 0.05) is 29.9 Å². The zero-order valence-corrected chi connectivity index (χ0v) is 13.9. The predicted octanol–water partition coefficient (Wildman–Crippen LogP) is 1.45. The molecule has 0 radical (unpaired) electrons. The lowest BCUT2D eigenvalue weighted by Gasteiger charge is -2.34. The standard InChI is InChI=1S/C16H30N4O/c1-12-16(13(2)20(18-12)8-9-21)11-17-14-6-5-7-15(10-14)19(3)4/h14-15,17,21H,5-11H2,1-4H3. The zero-order chi connectivity index (χ0) is 15.4. The summed E-state index contributed by atoms with van der Waals surface area (Å²) in [6.07, 6.45) is 5.13. The minimum Gasteiger partial charge on any atom is -0.394 e. The van der Waals surface area contributed by atoms with Gasteiger partial charge in [0.15, 0.2) is 0 Å². The van der Waals surface area contributed by atoms with Crippen LogP contribution in [0.25, 0.3) is 0 Å². The summed E-state index contributed by atoms with van der Waals surface area (Å²) in [6, 6.07) is 1.31. The van der Waals surface area contributed by atoms with Crippen molar-refractivity contribution in [2.45, 2.75) is 64.7 Å². The van der Waals surface area contributed by atoms with Gasteiger partial charge in [-0.1, -0.05) is 6.42 Å². The molecule has 2 rings (SSSR count). The third-order valence-electron chi connectivity index (χ3n) is 4.79. The van der Waals surface area contributed by atoms with Crippen LogP contribution in [0.1, 0.15) is 42.6 Å². The molecular formula is C16H30N4O. The maximum Gasteiger partial charge on any atom is 0.0644 e.